The summed E-state index contributed by atoms with van der Waals surface area (Å²) in [4.78, 5) is 13.4. The second-order valence-corrected chi connectivity index (χ2v) is 3.54. The molecule has 0 atom stereocenters. The molecule has 0 aliphatic heterocycles. The Hall–Kier alpha value is -1.73. The molecule has 0 spiro atoms. The van der Waals surface area contributed by atoms with E-state index in [4.69, 9.17) is 5.11 Å². The quantitative estimate of drug-likeness (QED) is 0.858. The first-order valence-electron chi connectivity index (χ1n) is 4.70. The maximum atomic E-state index is 12.6. The maximum Gasteiger partial charge on any atom is 0.433 e. The molecular formula is C10H8F5NO2. The number of aromatic nitrogens is 1. The molecule has 0 amide bonds. The number of carbonyl (C=O) groups is 1. The Morgan fingerprint density at radius 2 is 2.00 bits per heavy atom. The van der Waals surface area contributed by atoms with E-state index in [1.54, 1.807) is 0 Å². The van der Waals surface area contributed by atoms with Gasteiger partial charge in [0.2, 0.25) is 0 Å². The van der Waals surface area contributed by atoms with Crippen molar-refractivity contribution in [1.82, 2.24) is 4.98 Å². The van der Waals surface area contributed by atoms with Crippen LogP contribution in [0.2, 0.25) is 0 Å². The third kappa shape index (κ3) is 2.93. The van der Waals surface area contributed by atoms with Gasteiger partial charge in [0.25, 0.3) is 6.43 Å². The number of hydrogen-bond donors (Lipinski definition) is 1. The Morgan fingerprint density at radius 3 is 2.39 bits per heavy atom. The molecule has 0 bridgehead atoms. The molecule has 3 nitrogen and oxygen atoms in total. The molecule has 1 aromatic rings. The number of carboxylic acid groups (broad SMARTS) is 1. The highest BCUT2D eigenvalue weighted by Crippen LogP contribution is 2.37. The summed E-state index contributed by atoms with van der Waals surface area (Å²) in [6.07, 6.45) is -8.37. The highest BCUT2D eigenvalue weighted by Gasteiger charge is 2.39. The summed E-state index contributed by atoms with van der Waals surface area (Å²) in [7, 11) is 0. The number of hydrogen-bond acceptors (Lipinski definition) is 2. The molecule has 0 unspecified atom stereocenters. The first-order chi connectivity index (χ1) is 8.14. The zero-order chi connectivity index (χ0) is 14.1. The number of halogens is 5. The van der Waals surface area contributed by atoms with E-state index in [9.17, 15) is 26.7 Å². The van der Waals surface area contributed by atoms with Gasteiger partial charge in [-0.2, -0.15) is 13.2 Å². The third-order valence-corrected chi connectivity index (χ3v) is 2.32. The Balaban J connectivity index is 3.42. The fourth-order valence-electron chi connectivity index (χ4n) is 1.49. The van der Waals surface area contributed by atoms with Crippen LogP contribution in [0.3, 0.4) is 0 Å². The molecule has 100 valence electrons. The molecule has 1 N–H and O–H groups in total. The van der Waals surface area contributed by atoms with E-state index in [-0.39, 0.29) is 5.56 Å². The van der Waals surface area contributed by atoms with Crippen molar-refractivity contribution < 1.29 is 31.9 Å². The van der Waals surface area contributed by atoms with Crippen LogP contribution in [-0.2, 0) is 17.4 Å². The van der Waals surface area contributed by atoms with Gasteiger partial charge in [-0.15, -0.1) is 0 Å². The highest BCUT2D eigenvalue weighted by atomic mass is 19.4. The number of rotatable bonds is 3. The summed E-state index contributed by atoms with van der Waals surface area (Å²) in [6, 6.07) is 0. The minimum atomic E-state index is -5.00. The van der Waals surface area contributed by atoms with Gasteiger partial charge in [0, 0.05) is 6.20 Å². The van der Waals surface area contributed by atoms with Crippen molar-refractivity contribution in [3.05, 3.63) is 28.6 Å². The molecular weight excluding hydrogens is 261 g/mol. The van der Waals surface area contributed by atoms with E-state index in [0.29, 0.717) is 6.20 Å². The topological polar surface area (TPSA) is 50.2 Å². The molecule has 1 aromatic heterocycles. The zero-order valence-corrected chi connectivity index (χ0v) is 9.05. The second kappa shape index (κ2) is 4.87. The summed E-state index contributed by atoms with van der Waals surface area (Å²) in [5, 5.41) is 8.51. The summed E-state index contributed by atoms with van der Waals surface area (Å²) in [6.45, 7) is 1.02. The van der Waals surface area contributed by atoms with E-state index >= 15 is 0 Å². The number of aliphatic carboxylic acids is 1. The Bertz CT molecular complexity index is 470. The molecule has 0 saturated carbocycles. The summed E-state index contributed by atoms with van der Waals surface area (Å²) < 4.78 is 62.7. The molecule has 0 aliphatic carbocycles. The van der Waals surface area contributed by atoms with Crippen LogP contribution in [-0.4, -0.2) is 16.1 Å². The molecule has 1 rings (SSSR count). The van der Waals surface area contributed by atoms with Gasteiger partial charge in [-0.3, -0.25) is 9.78 Å². The molecule has 1 heterocycles. The van der Waals surface area contributed by atoms with Crippen LogP contribution in [0, 0.1) is 6.92 Å². The van der Waals surface area contributed by atoms with Gasteiger partial charge < -0.3 is 5.11 Å². The lowest BCUT2D eigenvalue weighted by molar-refractivity contribution is -0.143. The average Bonchev–Trinajstić information content (AvgIpc) is 2.17. The van der Waals surface area contributed by atoms with Gasteiger partial charge in [0.15, 0.2) is 5.69 Å². The Kier molecular flexibility index (Phi) is 3.88. The number of pyridine rings is 1. The largest absolute Gasteiger partial charge is 0.481 e. The van der Waals surface area contributed by atoms with E-state index in [2.05, 4.69) is 4.98 Å². The van der Waals surface area contributed by atoms with Crippen LogP contribution in [0.5, 0.6) is 0 Å². The lowest BCUT2D eigenvalue weighted by Gasteiger charge is -2.15. The number of nitrogens with zero attached hydrogens (tertiary/aromatic N) is 1. The van der Waals surface area contributed by atoms with Crippen molar-refractivity contribution in [2.75, 3.05) is 0 Å². The van der Waals surface area contributed by atoms with Crippen molar-refractivity contribution in [2.45, 2.75) is 25.9 Å². The highest BCUT2D eigenvalue weighted by molar-refractivity contribution is 5.70. The summed E-state index contributed by atoms with van der Waals surface area (Å²) in [5.74, 6) is -1.33. The number of carboxylic acids is 1. The van der Waals surface area contributed by atoms with E-state index in [1.165, 1.54) is 0 Å². The minimum absolute atomic E-state index is 0.161. The Labute approximate surface area is 98.3 Å². The van der Waals surface area contributed by atoms with Crippen LogP contribution >= 0.6 is 0 Å². The maximum absolute atomic E-state index is 12.6. The average molecular weight is 269 g/mol. The fourth-order valence-corrected chi connectivity index (χ4v) is 1.49. The normalized spacial score (nSPS) is 11.9. The van der Waals surface area contributed by atoms with Crippen molar-refractivity contribution in [2.24, 2.45) is 0 Å². The van der Waals surface area contributed by atoms with Gasteiger partial charge in [-0.05, 0) is 18.1 Å². The Morgan fingerprint density at radius 1 is 1.44 bits per heavy atom. The van der Waals surface area contributed by atoms with Crippen LogP contribution in [0.15, 0.2) is 6.20 Å². The molecule has 0 radical (unpaired) electrons. The summed E-state index contributed by atoms with van der Waals surface area (Å²) >= 11 is 0. The van der Waals surface area contributed by atoms with Gasteiger partial charge in [-0.25, -0.2) is 8.78 Å². The van der Waals surface area contributed by atoms with Crippen LogP contribution < -0.4 is 0 Å². The zero-order valence-electron chi connectivity index (χ0n) is 9.05. The number of alkyl halides is 5. The summed E-state index contributed by atoms with van der Waals surface area (Å²) in [5.41, 5.74) is -3.49. The van der Waals surface area contributed by atoms with Crippen LogP contribution in [0.1, 0.15) is 28.8 Å². The smallest absolute Gasteiger partial charge is 0.433 e. The van der Waals surface area contributed by atoms with E-state index in [0.717, 1.165) is 6.92 Å². The van der Waals surface area contributed by atoms with Gasteiger partial charge in [-0.1, -0.05) is 0 Å². The first-order valence-corrected chi connectivity index (χ1v) is 4.70. The van der Waals surface area contributed by atoms with Crippen molar-refractivity contribution >= 4 is 5.97 Å². The van der Waals surface area contributed by atoms with Crippen molar-refractivity contribution in [1.29, 1.82) is 0 Å². The fraction of sp³-hybridized carbons (Fsp3) is 0.400. The van der Waals surface area contributed by atoms with Crippen molar-refractivity contribution in [3.8, 4) is 0 Å². The van der Waals surface area contributed by atoms with Crippen molar-refractivity contribution in [3.63, 3.8) is 0 Å². The van der Waals surface area contributed by atoms with Crippen LogP contribution in [0.25, 0.3) is 0 Å². The molecule has 0 aromatic carbocycles. The van der Waals surface area contributed by atoms with Gasteiger partial charge >= 0.3 is 12.1 Å². The molecule has 0 aliphatic rings. The predicted octanol–water partition coefficient (Wildman–Crippen LogP) is 2.97. The standard InChI is InChI=1S/C10H8F5NO2/c1-4-5(2-6(17)18)3-16-8(10(13,14)15)7(4)9(11)12/h3,9H,2H2,1H3,(H,17,18). The third-order valence-electron chi connectivity index (χ3n) is 2.32. The minimum Gasteiger partial charge on any atom is -0.481 e. The monoisotopic (exact) mass is 269 g/mol. The van der Waals surface area contributed by atoms with Gasteiger partial charge in [0.1, 0.15) is 0 Å². The molecule has 8 heteroatoms. The van der Waals surface area contributed by atoms with E-state index < -0.39 is 41.8 Å². The molecule has 18 heavy (non-hydrogen) atoms. The first kappa shape index (κ1) is 14.3. The molecule has 0 fully saturated rings. The van der Waals surface area contributed by atoms with Crippen LogP contribution in [0.4, 0.5) is 22.0 Å². The molecule has 0 saturated heterocycles. The SMILES string of the molecule is Cc1c(CC(=O)O)cnc(C(F)(F)F)c1C(F)F. The second-order valence-electron chi connectivity index (χ2n) is 3.54. The predicted molar refractivity (Wildman–Crippen MR) is 50.3 cm³/mol. The lowest BCUT2D eigenvalue weighted by atomic mass is 10.0. The van der Waals surface area contributed by atoms with Gasteiger partial charge in [0.05, 0.1) is 12.0 Å². The lowest BCUT2D eigenvalue weighted by Crippen LogP contribution is -2.16. The van der Waals surface area contributed by atoms with E-state index in [1.807, 2.05) is 0 Å².